The van der Waals surface area contributed by atoms with E-state index >= 15 is 0 Å². The van der Waals surface area contributed by atoms with Crippen LogP contribution in [0.4, 0.5) is 0 Å². The Hall–Kier alpha value is -1.70. The molecule has 1 heterocycles. The molecule has 3 rings (SSSR count). The third-order valence-corrected chi connectivity index (χ3v) is 6.62. The summed E-state index contributed by atoms with van der Waals surface area (Å²) in [5.41, 5.74) is 7.90. The summed E-state index contributed by atoms with van der Waals surface area (Å²) >= 11 is 12.3. The zero-order valence-corrected chi connectivity index (χ0v) is 19.8. The number of methoxy groups -OCH3 is 3. The monoisotopic (exact) mass is 469 g/mol. The normalized spacial score (nSPS) is 17.3. The topological polar surface area (TPSA) is 72.2 Å². The van der Waals surface area contributed by atoms with Crippen molar-refractivity contribution < 1.29 is 23.7 Å². The Morgan fingerprint density at radius 1 is 0.968 bits per heavy atom. The van der Waals surface area contributed by atoms with Crippen LogP contribution in [-0.2, 0) is 20.8 Å². The summed E-state index contributed by atoms with van der Waals surface area (Å²) in [6.45, 7) is 3.01. The van der Waals surface area contributed by atoms with Crippen LogP contribution in [-0.4, -0.2) is 34.5 Å². The van der Waals surface area contributed by atoms with Gasteiger partial charge in [-0.1, -0.05) is 36.2 Å². The second kappa shape index (κ2) is 9.84. The SMILES string of the molecule is CCC(N)(CCC1(c2cc(OC)c(OC)c(OC)c2)OCCO1)c1ccc(Cl)c(Cl)c1. The Morgan fingerprint density at radius 3 is 2.06 bits per heavy atom. The number of halogens is 2. The van der Waals surface area contributed by atoms with Crippen LogP contribution in [0, 0.1) is 0 Å². The van der Waals surface area contributed by atoms with Gasteiger partial charge in [-0.3, -0.25) is 0 Å². The molecule has 0 radical (unpaired) electrons. The zero-order chi connectivity index (χ0) is 22.6. The van der Waals surface area contributed by atoms with Crippen molar-refractivity contribution in [1.82, 2.24) is 0 Å². The summed E-state index contributed by atoms with van der Waals surface area (Å²) in [6.07, 6.45) is 1.82. The molecule has 0 spiro atoms. The molecule has 1 saturated heterocycles. The lowest BCUT2D eigenvalue weighted by Gasteiger charge is -2.35. The zero-order valence-electron chi connectivity index (χ0n) is 18.3. The van der Waals surface area contributed by atoms with Gasteiger partial charge in [0.2, 0.25) is 5.75 Å². The molecule has 1 atom stereocenters. The summed E-state index contributed by atoms with van der Waals surface area (Å²) < 4.78 is 28.8. The number of rotatable bonds is 9. The minimum absolute atomic E-state index is 0.479. The van der Waals surface area contributed by atoms with Gasteiger partial charge in [-0.05, 0) is 42.7 Å². The summed E-state index contributed by atoms with van der Waals surface area (Å²) in [5, 5.41) is 0.982. The van der Waals surface area contributed by atoms with E-state index in [0.29, 0.717) is 59.8 Å². The predicted octanol–water partition coefficient (Wildman–Crippen LogP) is 5.26. The van der Waals surface area contributed by atoms with Gasteiger partial charge in [0.15, 0.2) is 17.3 Å². The van der Waals surface area contributed by atoms with E-state index in [0.717, 1.165) is 11.1 Å². The second-order valence-electron chi connectivity index (χ2n) is 7.50. The molecule has 0 aliphatic carbocycles. The van der Waals surface area contributed by atoms with Gasteiger partial charge in [0.1, 0.15) is 0 Å². The van der Waals surface area contributed by atoms with Crippen LogP contribution in [0.15, 0.2) is 30.3 Å². The highest BCUT2D eigenvalue weighted by Gasteiger charge is 2.42. The third kappa shape index (κ3) is 4.73. The third-order valence-electron chi connectivity index (χ3n) is 5.88. The Labute approximate surface area is 193 Å². The summed E-state index contributed by atoms with van der Waals surface area (Å²) in [4.78, 5) is 0. The molecule has 1 unspecified atom stereocenters. The largest absolute Gasteiger partial charge is 0.493 e. The number of hydrogen-bond acceptors (Lipinski definition) is 6. The minimum Gasteiger partial charge on any atom is -0.493 e. The van der Waals surface area contributed by atoms with Crippen molar-refractivity contribution >= 4 is 23.2 Å². The maximum Gasteiger partial charge on any atom is 0.203 e. The Morgan fingerprint density at radius 2 is 1.58 bits per heavy atom. The van der Waals surface area contributed by atoms with Gasteiger partial charge in [-0.2, -0.15) is 0 Å². The van der Waals surface area contributed by atoms with E-state index in [-0.39, 0.29) is 0 Å². The lowest BCUT2D eigenvalue weighted by Crippen LogP contribution is -2.39. The molecule has 0 bridgehead atoms. The van der Waals surface area contributed by atoms with E-state index in [1.54, 1.807) is 27.4 Å². The van der Waals surface area contributed by atoms with Crippen LogP contribution in [0.1, 0.15) is 37.3 Å². The van der Waals surface area contributed by atoms with E-state index in [1.165, 1.54) is 0 Å². The molecule has 2 aromatic rings. The predicted molar refractivity (Wildman–Crippen MR) is 122 cm³/mol. The lowest BCUT2D eigenvalue weighted by molar-refractivity contribution is -0.174. The Bertz CT molecular complexity index is 892. The highest BCUT2D eigenvalue weighted by Crippen LogP contribution is 2.46. The maximum absolute atomic E-state index is 6.83. The second-order valence-corrected chi connectivity index (χ2v) is 8.32. The van der Waals surface area contributed by atoms with Gasteiger partial charge in [0.25, 0.3) is 0 Å². The number of ether oxygens (including phenoxy) is 5. The van der Waals surface area contributed by atoms with Crippen LogP contribution < -0.4 is 19.9 Å². The Kier molecular flexibility index (Phi) is 7.60. The van der Waals surface area contributed by atoms with Crippen LogP contribution >= 0.6 is 23.2 Å². The highest BCUT2D eigenvalue weighted by molar-refractivity contribution is 6.42. The van der Waals surface area contributed by atoms with Crippen LogP contribution in [0.25, 0.3) is 0 Å². The van der Waals surface area contributed by atoms with Crippen molar-refractivity contribution in [2.45, 2.75) is 37.5 Å². The van der Waals surface area contributed by atoms with Gasteiger partial charge in [-0.15, -0.1) is 0 Å². The van der Waals surface area contributed by atoms with E-state index in [9.17, 15) is 0 Å². The van der Waals surface area contributed by atoms with Crippen molar-refractivity contribution in [3.63, 3.8) is 0 Å². The summed E-state index contributed by atoms with van der Waals surface area (Å²) in [5.74, 6) is 0.617. The van der Waals surface area contributed by atoms with E-state index in [4.69, 9.17) is 52.6 Å². The maximum atomic E-state index is 6.83. The first-order valence-electron chi connectivity index (χ1n) is 10.1. The van der Waals surface area contributed by atoms with Crippen LogP contribution in [0.3, 0.4) is 0 Å². The molecule has 0 aromatic heterocycles. The van der Waals surface area contributed by atoms with Crippen LogP contribution in [0.5, 0.6) is 17.2 Å². The standard InChI is InChI=1S/C23H29Cl2NO5/c1-5-22(26,15-6-7-17(24)18(25)12-15)8-9-23(30-10-11-31-23)16-13-19(27-2)21(29-4)20(14-16)28-3/h6-7,12-14H,5,8-11,26H2,1-4H3. The van der Waals surface area contributed by atoms with Gasteiger partial charge in [0, 0.05) is 17.5 Å². The molecule has 8 heteroatoms. The molecule has 6 nitrogen and oxygen atoms in total. The molecule has 0 amide bonds. The van der Waals surface area contributed by atoms with Crippen molar-refractivity contribution in [1.29, 1.82) is 0 Å². The summed E-state index contributed by atoms with van der Waals surface area (Å²) in [7, 11) is 4.73. The average Bonchev–Trinajstić information content (AvgIpc) is 3.28. The molecular weight excluding hydrogens is 441 g/mol. The number of nitrogens with two attached hydrogens (primary N) is 1. The van der Waals surface area contributed by atoms with Gasteiger partial charge in [0.05, 0.1) is 44.6 Å². The van der Waals surface area contributed by atoms with Gasteiger partial charge in [-0.25, -0.2) is 0 Å². The fourth-order valence-corrected chi connectivity index (χ4v) is 4.23. The molecule has 170 valence electrons. The van der Waals surface area contributed by atoms with Crippen molar-refractivity contribution in [3.8, 4) is 17.2 Å². The van der Waals surface area contributed by atoms with E-state index in [2.05, 4.69) is 0 Å². The first kappa shape index (κ1) is 24.0. The average molecular weight is 470 g/mol. The molecule has 2 N–H and O–H groups in total. The molecular formula is C23H29Cl2NO5. The highest BCUT2D eigenvalue weighted by atomic mass is 35.5. The molecule has 0 saturated carbocycles. The van der Waals surface area contributed by atoms with Crippen molar-refractivity contribution in [2.24, 2.45) is 5.73 Å². The van der Waals surface area contributed by atoms with Crippen molar-refractivity contribution in [3.05, 3.63) is 51.5 Å². The smallest absolute Gasteiger partial charge is 0.203 e. The molecule has 1 aliphatic heterocycles. The summed E-state index contributed by atoms with van der Waals surface area (Å²) in [6, 6.07) is 9.23. The number of benzene rings is 2. The molecule has 1 aliphatic rings. The van der Waals surface area contributed by atoms with Gasteiger partial charge >= 0.3 is 0 Å². The molecule has 1 fully saturated rings. The lowest BCUT2D eigenvalue weighted by atomic mass is 9.82. The van der Waals surface area contributed by atoms with E-state index in [1.807, 2.05) is 31.2 Å². The number of hydrogen-bond donors (Lipinski definition) is 1. The fourth-order valence-electron chi connectivity index (χ4n) is 3.93. The Balaban J connectivity index is 1.96. The fraction of sp³-hybridized carbons (Fsp3) is 0.478. The molecule has 31 heavy (non-hydrogen) atoms. The minimum atomic E-state index is -0.969. The van der Waals surface area contributed by atoms with Crippen molar-refractivity contribution in [2.75, 3.05) is 34.5 Å². The van der Waals surface area contributed by atoms with E-state index < -0.39 is 11.3 Å². The molecule has 2 aromatic carbocycles. The van der Waals surface area contributed by atoms with Crippen LogP contribution in [0.2, 0.25) is 10.0 Å². The quantitative estimate of drug-likeness (QED) is 0.539. The van der Waals surface area contributed by atoms with Gasteiger partial charge < -0.3 is 29.4 Å². The first-order chi connectivity index (χ1) is 14.8. The first-order valence-corrected chi connectivity index (χ1v) is 10.9.